The van der Waals surface area contributed by atoms with Gasteiger partial charge in [-0.3, -0.25) is 5.10 Å². The van der Waals surface area contributed by atoms with Gasteiger partial charge in [-0.05, 0) is 12.1 Å². The van der Waals surface area contributed by atoms with Gasteiger partial charge in [0, 0.05) is 22.5 Å². The molecule has 5 nitrogen and oxygen atoms in total. The first kappa shape index (κ1) is 11.1. The first-order valence-corrected chi connectivity index (χ1v) is 5.10. The summed E-state index contributed by atoms with van der Waals surface area (Å²) in [6.45, 7) is 0.624. The number of hydrogen-bond acceptors (Lipinski definition) is 3. The predicted molar refractivity (Wildman–Crippen MR) is 65.5 cm³/mol. The summed E-state index contributed by atoms with van der Waals surface area (Å²) in [4.78, 5) is 11.6. The molecule has 1 fully saturated rings. The second-order valence-corrected chi connectivity index (χ2v) is 3.85. The van der Waals surface area contributed by atoms with Crippen LogP contribution in [-0.2, 0) is 0 Å². The third-order valence-electron chi connectivity index (χ3n) is 2.95. The van der Waals surface area contributed by atoms with Crippen molar-refractivity contribution in [3.05, 3.63) is 28.7 Å². The van der Waals surface area contributed by atoms with Gasteiger partial charge in [-0.2, -0.15) is 9.90 Å². The lowest BCUT2D eigenvalue weighted by molar-refractivity contribution is -0.570. The van der Waals surface area contributed by atoms with Crippen molar-refractivity contribution in [2.75, 3.05) is 6.54 Å². The molecular weight excluding hydrogens is 223 g/mol. The number of aromatic amines is 1. The van der Waals surface area contributed by atoms with Crippen LogP contribution in [-0.4, -0.2) is 26.7 Å². The van der Waals surface area contributed by atoms with Crippen molar-refractivity contribution < 1.29 is 4.76 Å². The maximum atomic E-state index is 11.6. The Morgan fingerprint density at radius 2 is 2.31 bits per heavy atom. The van der Waals surface area contributed by atoms with Crippen LogP contribution in [0, 0.1) is 4.91 Å². The number of benzene rings is 1. The molecule has 1 saturated heterocycles. The smallest absolute Gasteiger partial charge is 0.228 e. The highest BCUT2D eigenvalue weighted by atomic mass is 31.0. The van der Waals surface area contributed by atoms with Crippen LogP contribution in [0.15, 0.2) is 18.2 Å². The second kappa shape index (κ2) is 4.26. The predicted octanol–water partition coefficient (Wildman–Crippen LogP) is 1.63. The standard InChI is InChI=1S/C10H11N4O.H3P/c15-14-6-2-5-9(14)7-3-1-4-8-10(7)12-13-11-8;/h1,3-4,9H,2,5-6H2,(H,11,12,13);1H3/q+1;. The summed E-state index contributed by atoms with van der Waals surface area (Å²) in [7, 11) is 0. The zero-order chi connectivity index (χ0) is 10.3. The SMILES string of the molecule is O=[N+]1CCCC1c1cccc2[nH]nnc12.P. The Kier molecular flexibility index (Phi) is 2.97. The fraction of sp³-hybridized carbons (Fsp3) is 0.400. The number of aromatic nitrogens is 3. The summed E-state index contributed by atoms with van der Waals surface area (Å²) >= 11 is 0. The lowest BCUT2D eigenvalue weighted by Crippen LogP contribution is -2.08. The van der Waals surface area contributed by atoms with Crippen LogP contribution in [0.25, 0.3) is 11.0 Å². The molecule has 16 heavy (non-hydrogen) atoms. The molecule has 0 spiro atoms. The van der Waals surface area contributed by atoms with Crippen LogP contribution < -0.4 is 0 Å². The molecule has 2 unspecified atom stereocenters. The summed E-state index contributed by atoms with van der Waals surface area (Å²) in [5.74, 6) is 0. The molecule has 1 aliphatic rings. The van der Waals surface area contributed by atoms with Crippen molar-refractivity contribution in [2.24, 2.45) is 0 Å². The molecule has 0 saturated carbocycles. The Labute approximate surface area is 95.8 Å². The quantitative estimate of drug-likeness (QED) is 0.605. The first-order valence-electron chi connectivity index (χ1n) is 5.10. The fourth-order valence-electron chi connectivity index (χ4n) is 2.21. The van der Waals surface area contributed by atoms with Gasteiger partial charge in [0.25, 0.3) is 0 Å². The zero-order valence-electron chi connectivity index (χ0n) is 8.89. The summed E-state index contributed by atoms with van der Waals surface area (Å²) in [6.07, 6.45) is 1.87. The van der Waals surface area contributed by atoms with Gasteiger partial charge in [0.1, 0.15) is 5.52 Å². The molecule has 2 aromatic rings. The number of hydrogen-bond donors (Lipinski definition) is 1. The van der Waals surface area contributed by atoms with Crippen molar-refractivity contribution in [1.29, 1.82) is 0 Å². The minimum absolute atomic E-state index is 0. The summed E-state index contributed by atoms with van der Waals surface area (Å²) < 4.78 is 1.14. The Hall–Kier alpha value is -1.35. The van der Waals surface area contributed by atoms with Crippen molar-refractivity contribution >= 4 is 20.9 Å². The normalized spacial score (nSPS) is 20.0. The summed E-state index contributed by atoms with van der Waals surface area (Å²) in [6, 6.07) is 5.78. The van der Waals surface area contributed by atoms with Crippen LogP contribution in [0.5, 0.6) is 0 Å². The molecule has 6 heteroatoms. The van der Waals surface area contributed by atoms with Crippen LogP contribution in [0.2, 0.25) is 0 Å². The molecule has 1 N–H and O–H groups in total. The summed E-state index contributed by atoms with van der Waals surface area (Å²) in [5, 5.41) is 10.6. The Bertz CT molecular complexity index is 524. The van der Waals surface area contributed by atoms with Crippen LogP contribution >= 0.6 is 9.90 Å². The molecule has 84 valence electrons. The van der Waals surface area contributed by atoms with Crippen LogP contribution in [0.3, 0.4) is 0 Å². The molecule has 0 bridgehead atoms. The van der Waals surface area contributed by atoms with Gasteiger partial charge in [-0.1, -0.05) is 11.3 Å². The Balaban J connectivity index is 0.000000963. The molecule has 2 atom stereocenters. The van der Waals surface area contributed by atoms with Gasteiger partial charge in [-0.25, -0.2) is 0 Å². The second-order valence-electron chi connectivity index (χ2n) is 3.85. The van der Waals surface area contributed by atoms with Crippen molar-refractivity contribution in [1.82, 2.24) is 15.4 Å². The highest BCUT2D eigenvalue weighted by Gasteiger charge is 2.34. The van der Waals surface area contributed by atoms with E-state index in [1.165, 1.54) is 0 Å². The Morgan fingerprint density at radius 1 is 1.44 bits per heavy atom. The maximum Gasteiger partial charge on any atom is 0.228 e. The van der Waals surface area contributed by atoms with E-state index in [0.717, 1.165) is 34.2 Å². The monoisotopic (exact) mass is 237 g/mol. The van der Waals surface area contributed by atoms with E-state index in [-0.39, 0.29) is 15.9 Å². The van der Waals surface area contributed by atoms with Gasteiger partial charge in [0.2, 0.25) is 6.04 Å². The molecule has 2 heterocycles. The van der Waals surface area contributed by atoms with E-state index in [2.05, 4.69) is 15.4 Å². The largest absolute Gasteiger partial charge is 0.258 e. The molecule has 1 aliphatic heterocycles. The minimum Gasteiger partial charge on any atom is -0.258 e. The summed E-state index contributed by atoms with van der Waals surface area (Å²) in [5.41, 5.74) is 2.71. The van der Waals surface area contributed by atoms with Gasteiger partial charge in [0.15, 0.2) is 6.54 Å². The van der Waals surface area contributed by atoms with E-state index in [9.17, 15) is 4.91 Å². The third-order valence-corrected chi connectivity index (χ3v) is 2.95. The van der Waals surface area contributed by atoms with Gasteiger partial charge >= 0.3 is 0 Å². The maximum absolute atomic E-state index is 11.6. The number of rotatable bonds is 1. The zero-order valence-corrected chi connectivity index (χ0v) is 10.3. The number of H-pyrrole nitrogens is 1. The molecule has 3 rings (SSSR count). The molecular formula is C10H14N4OP+. The molecule has 1 aromatic heterocycles. The average molecular weight is 237 g/mol. The number of nitrogens with zero attached hydrogens (tertiary/aromatic N) is 3. The minimum atomic E-state index is -0.0428. The van der Waals surface area contributed by atoms with E-state index in [1.807, 2.05) is 18.2 Å². The number of nitrogens with one attached hydrogen (secondary N) is 1. The van der Waals surface area contributed by atoms with Crippen LogP contribution in [0.1, 0.15) is 24.4 Å². The molecule has 1 aromatic carbocycles. The topological polar surface area (TPSA) is 61.6 Å². The first-order chi connectivity index (χ1) is 7.36. The highest BCUT2D eigenvalue weighted by molar-refractivity contribution is 6.92. The van der Waals surface area contributed by atoms with E-state index < -0.39 is 0 Å². The van der Waals surface area contributed by atoms with Gasteiger partial charge < -0.3 is 0 Å². The lowest BCUT2D eigenvalue weighted by Gasteiger charge is -2.01. The van der Waals surface area contributed by atoms with Crippen molar-refractivity contribution in [2.45, 2.75) is 18.9 Å². The Morgan fingerprint density at radius 3 is 3.06 bits per heavy atom. The van der Waals surface area contributed by atoms with Gasteiger partial charge in [0.05, 0.1) is 11.1 Å². The average Bonchev–Trinajstić information content (AvgIpc) is 2.85. The van der Waals surface area contributed by atoms with Crippen LogP contribution in [0.4, 0.5) is 0 Å². The molecule has 0 amide bonds. The van der Waals surface area contributed by atoms with E-state index in [1.54, 1.807) is 0 Å². The number of nitroso groups, excluding NO2 is 1. The lowest BCUT2D eigenvalue weighted by atomic mass is 10.0. The third kappa shape index (κ3) is 1.61. The molecule has 0 aliphatic carbocycles. The van der Waals surface area contributed by atoms with Crippen molar-refractivity contribution in [3.63, 3.8) is 0 Å². The van der Waals surface area contributed by atoms with E-state index in [0.29, 0.717) is 6.54 Å². The fourth-order valence-corrected chi connectivity index (χ4v) is 2.21. The highest BCUT2D eigenvalue weighted by Crippen LogP contribution is 2.31. The molecule has 0 radical (unpaired) electrons. The van der Waals surface area contributed by atoms with E-state index in [4.69, 9.17) is 0 Å². The van der Waals surface area contributed by atoms with E-state index >= 15 is 0 Å². The van der Waals surface area contributed by atoms with Gasteiger partial charge in [-0.15, -0.1) is 5.10 Å². The number of fused-ring (bicyclic) bond motifs is 1. The van der Waals surface area contributed by atoms with Crippen molar-refractivity contribution in [3.8, 4) is 0 Å².